The molecule has 0 atom stereocenters. The minimum absolute atomic E-state index is 0.175. The van der Waals surface area contributed by atoms with Crippen LogP contribution >= 0.6 is 11.3 Å². The van der Waals surface area contributed by atoms with Gasteiger partial charge >= 0.3 is 0 Å². The summed E-state index contributed by atoms with van der Waals surface area (Å²) < 4.78 is 13.9. The van der Waals surface area contributed by atoms with Crippen LogP contribution in [0.15, 0.2) is 17.5 Å². The molecule has 0 spiro atoms. The highest BCUT2D eigenvalue weighted by Crippen LogP contribution is 2.29. The van der Waals surface area contributed by atoms with E-state index in [1.54, 1.807) is 6.07 Å². The Hall–Kier alpha value is -1.44. The van der Waals surface area contributed by atoms with Gasteiger partial charge in [-0.2, -0.15) is 5.26 Å². The molecule has 70 valence electrons. The maximum atomic E-state index is 13.2. The van der Waals surface area contributed by atoms with Gasteiger partial charge in [0, 0.05) is 15.5 Å². The number of nitriles is 1. The summed E-state index contributed by atoms with van der Waals surface area (Å²) in [6.45, 7) is -0.175. The summed E-state index contributed by atoms with van der Waals surface area (Å²) >= 11 is 1.24. The summed E-state index contributed by atoms with van der Waals surface area (Å²) in [4.78, 5) is 0. The Balaban J connectivity index is 2.84. The number of halogens is 1. The number of fused-ring (bicyclic) bond motifs is 1. The summed E-state index contributed by atoms with van der Waals surface area (Å²) in [6.07, 6.45) is 0. The Kier molecular flexibility index (Phi) is 2.20. The predicted octanol–water partition coefficient (Wildman–Crippen LogP) is 2.40. The fourth-order valence-corrected chi connectivity index (χ4v) is 2.27. The first kappa shape index (κ1) is 9.13. The first-order valence-corrected chi connectivity index (χ1v) is 4.85. The average Bonchev–Trinajstić information content (AvgIpc) is 2.59. The van der Waals surface area contributed by atoms with Gasteiger partial charge in [-0.15, -0.1) is 11.3 Å². The molecule has 1 aromatic carbocycles. The van der Waals surface area contributed by atoms with Crippen molar-refractivity contribution >= 4 is 21.4 Å². The Morgan fingerprint density at radius 1 is 1.50 bits per heavy atom. The molecule has 1 aromatic heterocycles. The van der Waals surface area contributed by atoms with E-state index in [1.807, 2.05) is 6.07 Å². The lowest BCUT2D eigenvalue weighted by Gasteiger charge is -1.99. The van der Waals surface area contributed by atoms with Crippen LogP contribution in [0.3, 0.4) is 0 Å². The lowest BCUT2D eigenvalue weighted by molar-refractivity contribution is 0.283. The van der Waals surface area contributed by atoms with Crippen molar-refractivity contribution in [3.8, 4) is 6.07 Å². The van der Waals surface area contributed by atoms with Gasteiger partial charge in [-0.3, -0.25) is 0 Å². The Morgan fingerprint density at radius 3 is 2.93 bits per heavy atom. The van der Waals surface area contributed by atoms with Crippen molar-refractivity contribution in [1.29, 1.82) is 5.26 Å². The van der Waals surface area contributed by atoms with E-state index in [0.717, 1.165) is 0 Å². The van der Waals surface area contributed by atoms with Crippen LogP contribution in [0.4, 0.5) is 4.39 Å². The third kappa shape index (κ3) is 1.27. The molecule has 2 aromatic rings. The number of rotatable bonds is 1. The van der Waals surface area contributed by atoms with Crippen molar-refractivity contribution in [2.75, 3.05) is 0 Å². The van der Waals surface area contributed by atoms with E-state index in [-0.39, 0.29) is 12.4 Å². The van der Waals surface area contributed by atoms with Gasteiger partial charge in [0.05, 0.1) is 18.2 Å². The van der Waals surface area contributed by atoms with Gasteiger partial charge in [0.15, 0.2) is 0 Å². The Bertz CT molecular complexity index is 527. The third-order valence-corrected chi connectivity index (χ3v) is 3.05. The maximum absolute atomic E-state index is 13.2. The number of hydrogen-bond acceptors (Lipinski definition) is 3. The number of nitrogens with zero attached hydrogens (tertiary/aromatic N) is 1. The largest absolute Gasteiger partial charge is 0.392 e. The summed E-state index contributed by atoms with van der Waals surface area (Å²) in [5, 5.41) is 19.5. The standard InChI is InChI=1S/C10H6FNOS/c11-9-5-14-10-7(4-13)1-6(3-12)2-8(9)10/h1-2,5,13H,4H2. The number of aliphatic hydroxyl groups excluding tert-OH is 1. The van der Waals surface area contributed by atoms with Crippen molar-refractivity contribution in [2.24, 2.45) is 0 Å². The number of aliphatic hydroxyl groups is 1. The molecule has 0 bridgehead atoms. The molecule has 0 saturated heterocycles. The smallest absolute Gasteiger partial charge is 0.141 e. The summed E-state index contributed by atoms with van der Waals surface area (Å²) in [5.41, 5.74) is 0.979. The van der Waals surface area contributed by atoms with Gasteiger partial charge in [0.1, 0.15) is 5.82 Å². The Morgan fingerprint density at radius 2 is 2.29 bits per heavy atom. The van der Waals surface area contributed by atoms with Gasteiger partial charge in [-0.1, -0.05) is 0 Å². The fourth-order valence-electron chi connectivity index (χ4n) is 1.36. The molecule has 0 aliphatic carbocycles. The molecule has 14 heavy (non-hydrogen) atoms. The summed E-state index contributed by atoms with van der Waals surface area (Å²) in [5.74, 6) is -0.336. The molecule has 1 heterocycles. The van der Waals surface area contributed by atoms with Crippen LogP contribution in [0.2, 0.25) is 0 Å². The highest BCUT2D eigenvalue weighted by atomic mass is 32.1. The molecule has 0 radical (unpaired) electrons. The van der Waals surface area contributed by atoms with Crippen LogP contribution in [0.1, 0.15) is 11.1 Å². The average molecular weight is 207 g/mol. The van der Waals surface area contributed by atoms with E-state index < -0.39 is 0 Å². The van der Waals surface area contributed by atoms with Gasteiger partial charge in [-0.25, -0.2) is 4.39 Å². The quantitative estimate of drug-likeness (QED) is 0.780. The van der Waals surface area contributed by atoms with Crippen LogP contribution in [-0.4, -0.2) is 5.11 Å². The van der Waals surface area contributed by atoms with E-state index in [4.69, 9.17) is 10.4 Å². The molecule has 0 aliphatic heterocycles. The van der Waals surface area contributed by atoms with Gasteiger partial charge < -0.3 is 5.11 Å². The van der Waals surface area contributed by atoms with Crippen LogP contribution in [0.5, 0.6) is 0 Å². The second kappa shape index (κ2) is 3.37. The van der Waals surface area contributed by atoms with E-state index in [9.17, 15) is 4.39 Å². The molecule has 0 aliphatic rings. The predicted molar refractivity (Wildman–Crippen MR) is 52.4 cm³/mol. The second-order valence-electron chi connectivity index (χ2n) is 2.87. The minimum Gasteiger partial charge on any atom is -0.392 e. The second-order valence-corrected chi connectivity index (χ2v) is 3.75. The topological polar surface area (TPSA) is 44.0 Å². The van der Waals surface area contributed by atoms with E-state index in [2.05, 4.69) is 0 Å². The highest BCUT2D eigenvalue weighted by molar-refractivity contribution is 7.17. The molecule has 2 nitrogen and oxygen atoms in total. The zero-order valence-corrected chi connectivity index (χ0v) is 7.94. The van der Waals surface area contributed by atoms with Gasteiger partial charge in [-0.05, 0) is 17.7 Å². The zero-order chi connectivity index (χ0) is 10.1. The van der Waals surface area contributed by atoms with Crippen LogP contribution in [-0.2, 0) is 6.61 Å². The van der Waals surface area contributed by atoms with Crippen LogP contribution in [0.25, 0.3) is 10.1 Å². The number of benzene rings is 1. The van der Waals surface area contributed by atoms with Crippen molar-refractivity contribution in [3.63, 3.8) is 0 Å². The zero-order valence-electron chi connectivity index (χ0n) is 7.12. The van der Waals surface area contributed by atoms with Crippen LogP contribution < -0.4 is 0 Å². The third-order valence-electron chi connectivity index (χ3n) is 2.00. The molecule has 0 amide bonds. The Labute approximate surface area is 83.8 Å². The number of thiophene rings is 1. The molecule has 0 fully saturated rings. The molecular weight excluding hydrogens is 201 g/mol. The molecule has 2 rings (SSSR count). The van der Waals surface area contributed by atoms with Crippen molar-refractivity contribution < 1.29 is 9.50 Å². The van der Waals surface area contributed by atoms with E-state index >= 15 is 0 Å². The first-order valence-electron chi connectivity index (χ1n) is 3.97. The summed E-state index contributed by atoms with van der Waals surface area (Å²) in [6, 6.07) is 5.02. The first-order chi connectivity index (χ1) is 6.76. The lowest BCUT2D eigenvalue weighted by Crippen LogP contribution is -1.86. The molecule has 0 saturated carbocycles. The lowest BCUT2D eigenvalue weighted by atomic mass is 10.1. The van der Waals surface area contributed by atoms with E-state index in [1.165, 1.54) is 22.8 Å². The monoisotopic (exact) mass is 207 g/mol. The van der Waals surface area contributed by atoms with Gasteiger partial charge in [0.2, 0.25) is 0 Å². The van der Waals surface area contributed by atoms with Gasteiger partial charge in [0.25, 0.3) is 0 Å². The molecule has 0 unspecified atom stereocenters. The molecule has 1 N–H and O–H groups in total. The maximum Gasteiger partial charge on any atom is 0.141 e. The summed E-state index contributed by atoms with van der Waals surface area (Å²) in [7, 11) is 0. The minimum atomic E-state index is -0.336. The SMILES string of the molecule is N#Cc1cc(CO)c2scc(F)c2c1. The van der Waals surface area contributed by atoms with E-state index in [0.29, 0.717) is 21.2 Å². The molecule has 4 heteroatoms. The fraction of sp³-hybridized carbons (Fsp3) is 0.100. The number of hydrogen-bond donors (Lipinski definition) is 1. The van der Waals surface area contributed by atoms with Crippen molar-refractivity contribution in [2.45, 2.75) is 6.61 Å². The van der Waals surface area contributed by atoms with Crippen LogP contribution in [0, 0.1) is 17.1 Å². The normalized spacial score (nSPS) is 10.4. The van der Waals surface area contributed by atoms with Crippen molar-refractivity contribution in [1.82, 2.24) is 0 Å². The highest BCUT2D eigenvalue weighted by Gasteiger charge is 2.09. The molecular formula is C10H6FNOS. The van der Waals surface area contributed by atoms with Crippen molar-refractivity contribution in [3.05, 3.63) is 34.5 Å².